The second-order valence-corrected chi connectivity index (χ2v) is 24.2. The number of hydrogen-bond donors (Lipinski definition) is 12. The molecule has 0 spiro atoms. The molecule has 0 amide bonds. The highest BCUT2D eigenvalue weighted by atomic mass is 16.8. The number of aliphatic hydroxyl groups is 12. The Morgan fingerprint density at radius 1 is 0.636 bits per heavy atom. The van der Waals surface area contributed by atoms with Gasteiger partial charge in [-0.05, 0) is 131 Å². The molecule has 0 aromatic carbocycles. The Labute approximate surface area is 388 Å². The lowest BCUT2D eigenvalue weighted by atomic mass is 9.33. The van der Waals surface area contributed by atoms with E-state index in [0.29, 0.717) is 32.1 Å². The summed E-state index contributed by atoms with van der Waals surface area (Å²) in [5.74, 6) is -0.956. The third-order valence-corrected chi connectivity index (χ3v) is 19.9. The van der Waals surface area contributed by atoms with Crippen molar-refractivity contribution >= 4 is 0 Å². The molecule has 8 rings (SSSR count). The Morgan fingerprint density at radius 3 is 1.86 bits per heavy atom. The Morgan fingerprint density at radius 2 is 1.24 bits per heavy atom. The fourth-order valence-electron chi connectivity index (χ4n) is 16.1. The van der Waals surface area contributed by atoms with E-state index in [1.807, 2.05) is 6.92 Å². The van der Waals surface area contributed by atoms with Gasteiger partial charge in [0.05, 0.1) is 48.3 Å². The standard InChI is InChI=1S/C48H82O18/c1-21-29(51)31(53)33(55)39(62-21)66-36-35(65-40-34(56)32(54)30(52)25(19-49)63-40)24(50)20-61-41(36)64-28-13-14-44(6)26(42(28,2)3)12-16-45(7)27(44)18-47(9,59)37-22(10-15-46(37,45)8)48(60)17-11-23(38(48)57)43(4,5)58/h21-41,49-60H,10-20H2,1-9H3/t21-,22?,23+,24-,25+,26?,27?,28-,29-,30+,31+,32-,33+,34+,35-,36+,37?,38-,39+,40-,41-,44-,45+,46+,47+,48-/m0/s1. The fraction of sp³-hybridized carbons (Fsp3) is 1.00. The van der Waals surface area contributed by atoms with Gasteiger partial charge in [-0.25, -0.2) is 0 Å². The largest absolute Gasteiger partial charge is 0.394 e. The third kappa shape index (κ3) is 7.90. The molecular formula is C48H82O18. The maximum absolute atomic E-state index is 12.8. The van der Waals surface area contributed by atoms with E-state index in [-0.39, 0.29) is 46.5 Å². The first-order chi connectivity index (χ1) is 30.5. The highest BCUT2D eigenvalue weighted by molar-refractivity contribution is 5.24. The van der Waals surface area contributed by atoms with Gasteiger partial charge in [-0.3, -0.25) is 0 Å². The molecule has 8 fully saturated rings. The lowest BCUT2D eigenvalue weighted by molar-refractivity contribution is -0.388. The molecule has 8 aliphatic rings. The van der Waals surface area contributed by atoms with E-state index in [9.17, 15) is 61.3 Å². The highest BCUT2D eigenvalue weighted by Crippen LogP contribution is 2.78. The number of rotatable bonds is 9. The summed E-state index contributed by atoms with van der Waals surface area (Å²) >= 11 is 0. The molecule has 0 aromatic rings. The lowest BCUT2D eigenvalue weighted by Crippen LogP contribution is -2.70. The second kappa shape index (κ2) is 17.5. The first-order valence-electron chi connectivity index (χ1n) is 24.6. The number of fused-ring (bicyclic) bond motifs is 5. The minimum atomic E-state index is -1.82. The van der Waals surface area contributed by atoms with Crippen LogP contribution in [0.5, 0.6) is 0 Å². The Balaban J connectivity index is 1.06. The van der Waals surface area contributed by atoms with Gasteiger partial charge in [-0.1, -0.05) is 34.6 Å². The van der Waals surface area contributed by atoms with E-state index in [4.69, 9.17) is 28.4 Å². The Hall–Kier alpha value is -0.720. The van der Waals surface area contributed by atoms with Crippen molar-refractivity contribution < 1.29 is 89.7 Å². The van der Waals surface area contributed by atoms with E-state index in [1.165, 1.54) is 6.92 Å². The Bertz CT molecular complexity index is 1730. The predicted molar refractivity (Wildman–Crippen MR) is 231 cm³/mol. The maximum atomic E-state index is 12.8. The fourth-order valence-corrected chi connectivity index (χ4v) is 16.1. The molecule has 5 aliphatic carbocycles. The highest BCUT2D eigenvalue weighted by Gasteiger charge is 2.75. The number of aliphatic hydroxyl groups excluding tert-OH is 9. The molecule has 382 valence electrons. The monoisotopic (exact) mass is 947 g/mol. The minimum absolute atomic E-state index is 0.0772. The van der Waals surface area contributed by atoms with Crippen LogP contribution in [0, 0.1) is 51.2 Å². The van der Waals surface area contributed by atoms with Gasteiger partial charge in [-0.2, -0.15) is 0 Å². The minimum Gasteiger partial charge on any atom is -0.394 e. The summed E-state index contributed by atoms with van der Waals surface area (Å²) in [6.07, 6.45) is -17.2. The van der Waals surface area contributed by atoms with Crippen LogP contribution in [0.25, 0.3) is 0 Å². The smallest absolute Gasteiger partial charge is 0.187 e. The van der Waals surface area contributed by atoms with Crippen molar-refractivity contribution in [3.63, 3.8) is 0 Å². The van der Waals surface area contributed by atoms with Crippen molar-refractivity contribution in [1.29, 1.82) is 0 Å². The zero-order chi connectivity index (χ0) is 48.6. The van der Waals surface area contributed by atoms with Crippen LogP contribution in [-0.2, 0) is 28.4 Å². The van der Waals surface area contributed by atoms with Gasteiger partial charge >= 0.3 is 0 Å². The number of hydrogen-bond acceptors (Lipinski definition) is 18. The van der Waals surface area contributed by atoms with Gasteiger partial charge in [0.1, 0.15) is 61.0 Å². The van der Waals surface area contributed by atoms with Gasteiger partial charge < -0.3 is 89.7 Å². The van der Waals surface area contributed by atoms with Gasteiger partial charge in [0, 0.05) is 5.92 Å². The van der Waals surface area contributed by atoms with Crippen LogP contribution in [0.1, 0.15) is 120 Å². The molecule has 4 unspecified atom stereocenters. The summed E-state index contributed by atoms with van der Waals surface area (Å²) in [5.41, 5.74) is -5.18. The van der Waals surface area contributed by atoms with E-state index >= 15 is 0 Å². The Kier molecular flexibility index (Phi) is 13.7. The van der Waals surface area contributed by atoms with Crippen molar-refractivity contribution in [2.45, 2.75) is 235 Å². The van der Waals surface area contributed by atoms with Crippen molar-refractivity contribution in [2.75, 3.05) is 13.2 Å². The first kappa shape index (κ1) is 51.6. The summed E-state index contributed by atoms with van der Waals surface area (Å²) in [5, 5.41) is 133. The van der Waals surface area contributed by atoms with Crippen LogP contribution in [0.3, 0.4) is 0 Å². The molecule has 12 N–H and O–H groups in total. The van der Waals surface area contributed by atoms with Gasteiger partial charge in [0.2, 0.25) is 0 Å². The van der Waals surface area contributed by atoms with Gasteiger partial charge in [0.25, 0.3) is 0 Å². The molecule has 26 atom stereocenters. The molecule has 18 heteroatoms. The van der Waals surface area contributed by atoms with E-state index in [0.717, 1.165) is 25.7 Å². The van der Waals surface area contributed by atoms with Crippen LogP contribution >= 0.6 is 0 Å². The predicted octanol–water partition coefficient (Wildman–Crippen LogP) is -0.194. The topological polar surface area (TPSA) is 298 Å². The zero-order valence-electron chi connectivity index (χ0n) is 40.2. The summed E-state index contributed by atoms with van der Waals surface area (Å²) in [6.45, 7) is 17.1. The summed E-state index contributed by atoms with van der Waals surface area (Å²) < 4.78 is 37.1. The average Bonchev–Trinajstić information content (AvgIpc) is 3.78. The first-order valence-corrected chi connectivity index (χ1v) is 24.6. The van der Waals surface area contributed by atoms with Crippen LogP contribution in [-0.4, -0.2) is 190 Å². The zero-order valence-corrected chi connectivity index (χ0v) is 40.2. The SMILES string of the molecule is C[C@@H]1O[C@H](O[C@H]2[C@H](O[C@H]3CC[C@@]4(C)C(CC[C@]5(C)C4C[C@@](C)(O)C4C([C@@]6(O)CC[C@@H](C(C)(C)O)[C@@H]6O)CC[C@]45C)C3(C)C)OC[C@H](O)[C@@H]2O[C@@H]2O[C@H](CO)[C@@H](O)[C@H](O)[C@H]2O)[C@H](O)[C@H](O)[C@H]1O. The molecule has 0 bridgehead atoms. The maximum Gasteiger partial charge on any atom is 0.187 e. The summed E-state index contributed by atoms with van der Waals surface area (Å²) in [4.78, 5) is 0. The molecule has 0 aromatic heterocycles. The third-order valence-electron chi connectivity index (χ3n) is 19.9. The molecule has 3 aliphatic heterocycles. The van der Waals surface area contributed by atoms with Crippen molar-refractivity contribution in [2.24, 2.45) is 51.2 Å². The second-order valence-electron chi connectivity index (χ2n) is 24.2. The van der Waals surface area contributed by atoms with E-state index in [1.54, 1.807) is 13.8 Å². The molecule has 3 heterocycles. The van der Waals surface area contributed by atoms with Crippen LogP contribution in [0.4, 0.5) is 0 Å². The summed E-state index contributed by atoms with van der Waals surface area (Å²) in [6, 6.07) is 0. The summed E-state index contributed by atoms with van der Waals surface area (Å²) in [7, 11) is 0. The van der Waals surface area contributed by atoms with E-state index in [2.05, 4.69) is 34.6 Å². The molecule has 0 radical (unpaired) electrons. The molecular weight excluding hydrogens is 865 g/mol. The van der Waals surface area contributed by atoms with Crippen LogP contribution in [0.2, 0.25) is 0 Å². The van der Waals surface area contributed by atoms with Crippen molar-refractivity contribution in [3.05, 3.63) is 0 Å². The molecule has 3 saturated heterocycles. The quantitative estimate of drug-likeness (QED) is 0.133. The van der Waals surface area contributed by atoms with Gasteiger partial charge in [-0.15, -0.1) is 0 Å². The molecule has 18 nitrogen and oxygen atoms in total. The molecule has 5 saturated carbocycles. The average molecular weight is 947 g/mol. The molecule has 66 heavy (non-hydrogen) atoms. The van der Waals surface area contributed by atoms with Crippen molar-refractivity contribution in [1.82, 2.24) is 0 Å². The lowest BCUT2D eigenvalue weighted by Gasteiger charge is -2.72. The van der Waals surface area contributed by atoms with Crippen LogP contribution in [0.15, 0.2) is 0 Å². The van der Waals surface area contributed by atoms with Crippen LogP contribution < -0.4 is 0 Å². The normalized spacial score (nSPS) is 57.5. The van der Waals surface area contributed by atoms with Crippen molar-refractivity contribution in [3.8, 4) is 0 Å². The number of ether oxygens (including phenoxy) is 6. The van der Waals surface area contributed by atoms with Gasteiger partial charge in [0.15, 0.2) is 18.9 Å². The van der Waals surface area contributed by atoms with E-state index < -0.39 is 133 Å².